The number of halogens is 1. The predicted octanol–water partition coefficient (Wildman–Crippen LogP) is 3.17. The average Bonchev–Trinajstić information content (AvgIpc) is 2.37. The van der Waals surface area contributed by atoms with Crippen molar-refractivity contribution in [3.63, 3.8) is 0 Å². The zero-order valence-electron chi connectivity index (χ0n) is 10.9. The largest absolute Gasteiger partial charge is 0.480 e. The molecule has 1 atom stereocenters. The van der Waals surface area contributed by atoms with E-state index in [1.807, 2.05) is 13.8 Å². The summed E-state index contributed by atoms with van der Waals surface area (Å²) in [5, 5.41) is 11.5. The molecule has 0 saturated heterocycles. The molecule has 104 valence electrons. The number of aliphatic carboxylic acids is 1. The van der Waals surface area contributed by atoms with Gasteiger partial charge in [-0.3, -0.25) is 4.79 Å². The van der Waals surface area contributed by atoms with Crippen LogP contribution in [0.25, 0.3) is 0 Å². The lowest BCUT2D eigenvalue weighted by Gasteiger charge is -2.27. The molecule has 0 bridgehead atoms. The number of nitrogens with zero attached hydrogens (tertiary/aromatic N) is 1. The molecule has 0 heterocycles. The Morgan fingerprint density at radius 2 is 1.95 bits per heavy atom. The van der Waals surface area contributed by atoms with Crippen LogP contribution >= 0.6 is 15.9 Å². The molecule has 0 spiro atoms. The monoisotopic (exact) mass is 328 g/mol. The Morgan fingerprint density at radius 1 is 1.37 bits per heavy atom. The lowest BCUT2D eigenvalue weighted by Crippen LogP contribution is -2.44. The third kappa shape index (κ3) is 4.90. The zero-order valence-corrected chi connectivity index (χ0v) is 12.5. The minimum Gasteiger partial charge on any atom is -0.480 e. The zero-order chi connectivity index (χ0) is 14.4. The van der Waals surface area contributed by atoms with Gasteiger partial charge in [-0.15, -0.1) is 0 Å². The molecule has 1 aromatic carbocycles. The number of rotatable bonds is 5. The molecule has 1 aromatic rings. The van der Waals surface area contributed by atoms with Crippen molar-refractivity contribution >= 4 is 33.6 Å². The van der Waals surface area contributed by atoms with Crippen molar-refractivity contribution in [3.05, 3.63) is 28.7 Å². The third-order valence-corrected chi connectivity index (χ3v) is 3.31. The van der Waals surface area contributed by atoms with E-state index >= 15 is 0 Å². The molecule has 1 unspecified atom stereocenters. The molecule has 2 N–H and O–H groups in total. The van der Waals surface area contributed by atoms with Gasteiger partial charge in [-0.25, -0.2) is 4.79 Å². The first-order chi connectivity index (χ1) is 8.93. The minimum absolute atomic E-state index is 0.133. The summed E-state index contributed by atoms with van der Waals surface area (Å²) in [6.45, 7) is 3.42. The second kappa shape index (κ2) is 7.13. The van der Waals surface area contributed by atoms with Crippen LogP contribution < -0.4 is 5.32 Å². The second-order valence-corrected chi connectivity index (χ2v) is 5.13. The highest BCUT2D eigenvalue weighted by atomic mass is 79.9. The maximum absolute atomic E-state index is 12.1. The molecule has 0 aromatic heterocycles. The van der Waals surface area contributed by atoms with Gasteiger partial charge in [0, 0.05) is 16.2 Å². The smallest absolute Gasteiger partial charge is 0.323 e. The average molecular weight is 329 g/mol. The van der Waals surface area contributed by atoms with Gasteiger partial charge in [0.1, 0.15) is 6.54 Å². The number of carboxylic acid groups (broad SMARTS) is 1. The third-order valence-electron chi connectivity index (χ3n) is 2.78. The van der Waals surface area contributed by atoms with E-state index in [2.05, 4.69) is 21.2 Å². The number of carbonyl (C=O) groups is 2. The van der Waals surface area contributed by atoms with Gasteiger partial charge in [-0.05, 0) is 37.6 Å². The molecule has 0 aliphatic rings. The Morgan fingerprint density at radius 3 is 2.42 bits per heavy atom. The topological polar surface area (TPSA) is 69.6 Å². The lowest BCUT2D eigenvalue weighted by molar-refractivity contribution is -0.138. The fourth-order valence-electron chi connectivity index (χ4n) is 1.52. The van der Waals surface area contributed by atoms with Crippen LogP contribution in [0.1, 0.15) is 20.3 Å². The molecule has 0 aliphatic carbocycles. The number of nitrogens with one attached hydrogen (secondary N) is 1. The normalized spacial score (nSPS) is 11.7. The van der Waals surface area contributed by atoms with Crippen LogP contribution in [0, 0.1) is 0 Å². The molecule has 0 saturated carbocycles. The van der Waals surface area contributed by atoms with Gasteiger partial charge in [0.15, 0.2) is 0 Å². The fourth-order valence-corrected chi connectivity index (χ4v) is 1.79. The molecule has 0 fully saturated rings. The van der Waals surface area contributed by atoms with E-state index in [1.165, 1.54) is 4.90 Å². The first kappa shape index (κ1) is 15.5. The number of amides is 2. The Hall–Kier alpha value is -1.56. The molecule has 0 radical (unpaired) electrons. The Kier molecular flexibility index (Phi) is 5.82. The first-order valence-electron chi connectivity index (χ1n) is 5.99. The highest BCUT2D eigenvalue weighted by Gasteiger charge is 2.21. The van der Waals surface area contributed by atoms with E-state index in [9.17, 15) is 9.59 Å². The summed E-state index contributed by atoms with van der Waals surface area (Å²) >= 11 is 3.31. The lowest BCUT2D eigenvalue weighted by atomic mass is 10.2. The van der Waals surface area contributed by atoms with Crippen molar-refractivity contribution < 1.29 is 14.7 Å². The van der Waals surface area contributed by atoms with Crippen LogP contribution in [0.2, 0.25) is 0 Å². The second-order valence-electron chi connectivity index (χ2n) is 4.22. The van der Waals surface area contributed by atoms with E-state index in [-0.39, 0.29) is 12.6 Å². The maximum Gasteiger partial charge on any atom is 0.323 e. The van der Waals surface area contributed by atoms with Crippen LogP contribution in [0.5, 0.6) is 0 Å². The predicted molar refractivity (Wildman–Crippen MR) is 77.3 cm³/mol. The summed E-state index contributed by atoms with van der Waals surface area (Å²) in [5.74, 6) is -1.02. The van der Waals surface area contributed by atoms with Crippen LogP contribution in [0.4, 0.5) is 10.5 Å². The van der Waals surface area contributed by atoms with Crippen molar-refractivity contribution in [2.75, 3.05) is 11.9 Å². The number of carbonyl (C=O) groups excluding carboxylic acids is 1. The molecular formula is C13H17BrN2O3. The maximum atomic E-state index is 12.1. The number of benzene rings is 1. The van der Waals surface area contributed by atoms with Gasteiger partial charge in [0.2, 0.25) is 0 Å². The summed E-state index contributed by atoms with van der Waals surface area (Å²) in [7, 11) is 0. The van der Waals surface area contributed by atoms with Crippen LogP contribution in [0.15, 0.2) is 28.7 Å². The molecule has 0 aliphatic heterocycles. The van der Waals surface area contributed by atoms with Gasteiger partial charge < -0.3 is 15.3 Å². The number of carboxylic acids is 1. The highest BCUT2D eigenvalue weighted by Crippen LogP contribution is 2.15. The van der Waals surface area contributed by atoms with E-state index in [4.69, 9.17) is 5.11 Å². The first-order valence-corrected chi connectivity index (χ1v) is 6.78. The Bertz CT molecular complexity index is 448. The van der Waals surface area contributed by atoms with Crippen molar-refractivity contribution in [1.82, 2.24) is 4.90 Å². The van der Waals surface area contributed by atoms with Crippen molar-refractivity contribution in [2.24, 2.45) is 0 Å². The van der Waals surface area contributed by atoms with E-state index in [1.54, 1.807) is 24.3 Å². The van der Waals surface area contributed by atoms with Crippen molar-refractivity contribution in [1.29, 1.82) is 0 Å². The van der Waals surface area contributed by atoms with Crippen LogP contribution in [-0.2, 0) is 4.79 Å². The number of hydrogen-bond acceptors (Lipinski definition) is 2. The van der Waals surface area contributed by atoms with E-state index < -0.39 is 12.0 Å². The Balaban J connectivity index is 2.76. The van der Waals surface area contributed by atoms with Gasteiger partial charge in [0.05, 0.1) is 0 Å². The molecule has 1 rings (SSSR count). The summed E-state index contributed by atoms with van der Waals surface area (Å²) in [6, 6.07) is 6.57. The standard InChI is InChI=1S/C13H17BrN2O3/c1-3-9(2)16(8-12(17)18)13(19)15-11-6-4-10(14)5-7-11/h4-7,9H,3,8H2,1-2H3,(H,15,19)(H,17,18). The summed E-state index contributed by atoms with van der Waals surface area (Å²) in [5.41, 5.74) is 0.631. The van der Waals surface area contributed by atoms with E-state index in [0.29, 0.717) is 12.1 Å². The van der Waals surface area contributed by atoms with Crippen LogP contribution in [0.3, 0.4) is 0 Å². The number of hydrogen-bond donors (Lipinski definition) is 2. The molecule has 5 nitrogen and oxygen atoms in total. The van der Waals surface area contributed by atoms with E-state index in [0.717, 1.165) is 4.47 Å². The van der Waals surface area contributed by atoms with Gasteiger partial charge in [0.25, 0.3) is 0 Å². The number of urea groups is 1. The number of anilines is 1. The highest BCUT2D eigenvalue weighted by molar-refractivity contribution is 9.10. The van der Waals surface area contributed by atoms with Gasteiger partial charge in [-0.1, -0.05) is 22.9 Å². The van der Waals surface area contributed by atoms with Crippen molar-refractivity contribution in [2.45, 2.75) is 26.3 Å². The summed E-state index contributed by atoms with van der Waals surface area (Å²) in [4.78, 5) is 24.2. The molecule has 19 heavy (non-hydrogen) atoms. The Labute approximate surface area is 120 Å². The van der Waals surface area contributed by atoms with Crippen molar-refractivity contribution in [3.8, 4) is 0 Å². The quantitative estimate of drug-likeness (QED) is 0.872. The van der Waals surface area contributed by atoms with Gasteiger partial charge in [-0.2, -0.15) is 0 Å². The molecular weight excluding hydrogens is 312 g/mol. The van der Waals surface area contributed by atoms with Gasteiger partial charge >= 0.3 is 12.0 Å². The summed E-state index contributed by atoms with van der Waals surface area (Å²) < 4.78 is 0.912. The van der Waals surface area contributed by atoms with Crippen LogP contribution in [-0.4, -0.2) is 34.6 Å². The fraction of sp³-hybridized carbons (Fsp3) is 0.385. The molecule has 6 heteroatoms. The molecule has 2 amide bonds. The SMILES string of the molecule is CCC(C)N(CC(=O)O)C(=O)Nc1ccc(Br)cc1. The summed E-state index contributed by atoms with van der Waals surface area (Å²) in [6.07, 6.45) is 0.695. The minimum atomic E-state index is -1.02.